The summed E-state index contributed by atoms with van der Waals surface area (Å²) in [7, 11) is 1.89. The first-order valence-corrected chi connectivity index (χ1v) is 15.7. The highest BCUT2D eigenvalue weighted by Crippen LogP contribution is 2.75. The monoisotopic (exact) mass is 542 g/mol. The van der Waals surface area contributed by atoms with Gasteiger partial charge in [-0.3, -0.25) is 9.59 Å². The molecule has 39 heavy (non-hydrogen) atoms. The lowest BCUT2D eigenvalue weighted by molar-refractivity contribution is -0.211. The summed E-state index contributed by atoms with van der Waals surface area (Å²) in [5.74, 6) is 1.31. The zero-order valence-corrected chi connectivity index (χ0v) is 25.8. The van der Waals surface area contributed by atoms with E-state index in [1.807, 2.05) is 7.05 Å². The minimum Gasteiger partial charge on any atom is -0.462 e. The normalized spacial score (nSPS) is 45.8. The first-order valence-electron chi connectivity index (χ1n) is 15.7. The van der Waals surface area contributed by atoms with Crippen LogP contribution in [0.3, 0.4) is 0 Å². The summed E-state index contributed by atoms with van der Waals surface area (Å²) in [4.78, 5) is 25.5. The molecule has 0 spiro atoms. The molecule has 0 bridgehead atoms. The summed E-state index contributed by atoms with van der Waals surface area (Å²) < 4.78 is 5.85. The molecule has 0 amide bonds. The van der Waals surface area contributed by atoms with Crippen LogP contribution in [0.2, 0.25) is 0 Å². The van der Waals surface area contributed by atoms with Crippen LogP contribution >= 0.6 is 0 Å². The Kier molecular flexibility index (Phi) is 7.04. The molecule has 0 aromatic carbocycles. The molecule has 4 N–H and O–H groups in total. The first-order chi connectivity index (χ1) is 18.1. The van der Waals surface area contributed by atoms with E-state index in [-0.39, 0.29) is 51.5 Å². The zero-order valence-electron chi connectivity index (χ0n) is 25.8. The van der Waals surface area contributed by atoms with Crippen LogP contribution in [-0.2, 0) is 14.3 Å². The van der Waals surface area contributed by atoms with Crippen molar-refractivity contribution < 1.29 is 19.4 Å². The van der Waals surface area contributed by atoms with Crippen molar-refractivity contribution in [2.45, 2.75) is 124 Å². The van der Waals surface area contributed by atoms with Crippen molar-refractivity contribution >= 4 is 11.8 Å². The van der Waals surface area contributed by atoms with E-state index < -0.39 is 11.5 Å². The van der Waals surface area contributed by atoms with E-state index >= 15 is 0 Å². The van der Waals surface area contributed by atoms with E-state index in [4.69, 9.17) is 10.5 Å². The molecule has 0 aromatic rings. The second kappa shape index (κ2) is 9.39. The number of esters is 1. The first kappa shape index (κ1) is 29.3. The molecule has 4 fully saturated rings. The Bertz CT molecular complexity index is 1070. The van der Waals surface area contributed by atoms with E-state index in [9.17, 15) is 14.7 Å². The smallest absolute Gasteiger partial charge is 0.302 e. The lowest BCUT2D eigenvalue weighted by Gasteiger charge is -2.73. The second-order valence-corrected chi connectivity index (χ2v) is 15.4. The zero-order chi connectivity index (χ0) is 28.8. The van der Waals surface area contributed by atoms with Gasteiger partial charge in [0.25, 0.3) is 0 Å². The molecule has 4 saturated carbocycles. The fraction of sp³-hybridized carbons (Fsp3) is 0.879. The maximum atomic E-state index is 13.6. The van der Waals surface area contributed by atoms with Gasteiger partial charge in [-0.2, -0.15) is 0 Å². The van der Waals surface area contributed by atoms with Gasteiger partial charge in [0, 0.05) is 36.3 Å². The quantitative estimate of drug-likeness (QED) is 0.414. The average molecular weight is 543 g/mol. The molecule has 6 nitrogen and oxygen atoms in total. The minimum atomic E-state index is -0.562. The molecule has 0 heterocycles. The number of Topliss-reactive ketones (excluding diaryl/α,β-unsaturated/α-hetero) is 1. The summed E-state index contributed by atoms with van der Waals surface area (Å²) in [6.45, 7) is 15.9. The van der Waals surface area contributed by atoms with Crippen LogP contribution in [0.15, 0.2) is 11.1 Å². The standard InChI is InChI=1S/C33H54N2O4/c1-19(2)27-24(37)17-32(25(38)18-35-8)16-15-30(6)23(28(27)32)12-14-33(34)22-9-10-26(39-20(3)36)29(4,5)21(22)11-13-31(30,33)7/h19,21-23,25-26,35,38H,9-18,34H2,1-8H3. The Morgan fingerprint density at radius 3 is 2.36 bits per heavy atom. The van der Waals surface area contributed by atoms with Gasteiger partial charge in [-0.25, -0.2) is 0 Å². The summed E-state index contributed by atoms with van der Waals surface area (Å²) in [6.07, 6.45) is 7.62. The van der Waals surface area contributed by atoms with Gasteiger partial charge in [0.1, 0.15) is 6.10 Å². The molecule has 6 heteroatoms. The van der Waals surface area contributed by atoms with Crippen molar-refractivity contribution in [1.82, 2.24) is 5.32 Å². The number of hydrogen-bond acceptors (Lipinski definition) is 6. The Hall–Kier alpha value is -1.24. The number of nitrogens with one attached hydrogen (secondary N) is 1. The van der Waals surface area contributed by atoms with Crippen LogP contribution < -0.4 is 11.1 Å². The van der Waals surface area contributed by atoms with Gasteiger partial charge >= 0.3 is 5.97 Å². The van der Waals surface area contributed by atoms with Crippen LogP contribution in [0.4, 0.5) is 0 Å². The number of ether oxygens (including phenoxy) is 1. The molecule has 5 aliphatic rings. The fourth-order valence-electron chi connectivity index (χ4n) is 11.2. The third-order valence-electron chi connectivity index (χ3n) is 13.5. The molecule has 9 unspecified atom stereocenters. The number of aliphatic hydroxyl groups is 1. The third kappa shape index (κ3) is 3.75. The highest BCUT2D eigenvalue weighted by Gasteiger charge is 2.72. The second-order valence-electron chi connectivity index (χ2n) is 15.4. The number of aliphatic hydroxyl groups excluding tert-OH is 1. The van der Waals surface area contributed by atoms with Crippen LogP contribution in [0.5, 0.6) is 0 Å². The summed E-state index contributed by atoms with van der Waals surface area (Å²) >= 11 is 0. The summed E-state index contributed by atoms with van der Waals surface area (Å²) in [5.41, 5.74) is 9.10. The SMILES string of the molecule is CNCC(O)C12CCC3(C)C(CCC4(N)C5CCC(OC(C)=O)C(C)(C)C5CCC34C)C1=C(C(C)C)C(=O)C2. The predicted molar refractivity (Wildman–Crippen MR) is 154 cm³/mol. The molecular formula is C33H54N2O4. The number of carbonyl (C=O) groups excluding carboxylic acids is 2. The Morgan fingerprint density at radius 1 is 1.05 bits per heavy atom. The largest absolute Gasteiger partial charge is 0.462 e. The average Bonchev–Trinajstić information content (AvgIpc) is 3.15. The Morgan fingerprint density at radius 2 is 1.74 bits per heavy atom. The van der Waals surface area contributed by atoms with E-state index in [2.05, 4.69) is 46.9 Å². The van der Waals surface area contributed by atoms with Crippen LogP contribution in [0.1, 0.15) is 106 Å². The van der Waals surface area contributed by atoms with Crippen molar-refractivity contribution in [3.05, 3.63) is 11.1 Å². The van der Waals surface area contributed by atoms with Crippen molar-refractivity contribution in [1.29, 1.82) is 0 Å². The van der Waals surface area contributed by atoms with Gasteiger partial charge in [-0.1, -0.05) is 47.1 Å². The van der Waals surface area contributed by atoms with Gasteiger partial charge in [-0.05, 0) is 98.5 Å². The number of hydrogen-bond donors (Lipinski definition) is 3. The number of fused-ring (bicyclic) bond motifs is 7. The van der Waals surface area contributed by atoms with Crippen LogP contribution in [0.25, 0.3) is 0 Å². The van der Waals surface area contributed by atoms with E-state index in [0.717, 1.165) is 56.9 Å². The van der Waals surface area contributed by atoms with Gasteiger partial charge in [0.2, 0.25) is 0 Å². The molecular weight excluding hydrogens is 488 g/mol. The van der Waals surface area contributed by atoms with Crippen LogP contribution in [-0.4, -0.2) is 48.2 Å². The topological polar surface area (TPSA) is 102 Å². The summed E-state index contributed by atoms with van der Waals surface area (Å²) in [5, 5.41) is 14.8. The number of likely N-dealkylation sites (N-methyl/N-ethyl adjacent to an activating group) is 1. The highest BCUT2D eigenvalue weighted by atomic mass is 16.5. The molecule has 5 aliphatic carbocycles. The number of rotatable bonds is 5. The number of ketones is 1. The molecule has 0 radical (unpaired) electrons. The molecule has 220 valence electrons. The predicted octanol–water partition coefficient (Wildman–Crippen LogP) is 5.17. The van der Waals surface area contributed by atoms with E-state index in [1.54, 1.807) is 0 Å². The molecule has 0 aliphatic heterocycles. The molecule has 0 saturated heterocycles. The lowest BCUT2D eigenvalue weighted by Crippen LogP contribution is -2.75. The number of allylic oxidation sites excluding steroid dienone is 1. The number of carbonyl (C=O) groups is 2. The summed E-state index contributed by atoms with van der Waals surface area (Å²) in [6, 6.07) is 0. The van der Waals surface area contributed by atoms with Gasteiger partial charge < -0.3 is 20.9 Å². The van der Waals surface area contributed by atoms with Gasteiger partial charge in [0.05, 0.1) is 6.10 Å². The van der Waals surface area contributed by atoms with Crippen molar-refractivity contribution in [2.24, 2.45) is 51.1 Å². The van der Waals surface area contributed by atoms with Gasteiger partial charge in [0.15, 0.2) is 5.78 Å². The lowest BCUT2D eigenvalue weighted by atomic mass is 9.33. The van der Waals surface area contributed by atoms with Gasteiger partial charge in [-0.15, -0.1) is 0 Å². The fourth-order valence-corrected chi connectivity index (χ4v) is 11.2. The van der Waals surface area contributed by atoms with Crippen LogP contribution in [0, 0.1) is 45.3 Å². The van der Waals surface area contributed by atoms with Crippen molar-refractivity contribution in [3.63, 3.8) is 0 Å². The third-order valence-corrected chi connectivity index (χ3v) is 13.5. The Labute approximate surface area is 236 Å². The Balaban J connectivity index is 1.57. The van der Waals surface area contributed by atoms with E-state index in [1.165, 1.54) is 12.5 Å². The van der Waals surface area contributed by atoms with E-state index in [0.29, 0.717) is 24.8 Å². The molecule has 9 atom stereocenters. The minimum absolute atomic E-state index is 0.0369. The van der Waals surface area contributed by atoms with Crippen molar-refractivity contribution in [3.8, 4) is 0 Å². The molecule has 0 aromatic heterocycles. The highest BCUT2D eigenvalue weighted by molar-refractivity contribution is 6.00. The van der Waals surface area contributed by atoms with Crippen molar-refractivity contribution in [2.75, 3.05) is 13.6 Å². The maximum Gasteiger partial charge on any atom is 0.302 e. The number of nitrogens with two attached hydrogens (primary N) is 1. The maximum absolute atomic E-state index is 13.6. The molecule has 5 rings (SSSR count).